The Morgan fingerprint density at radius 3 is 2.63 bits per heavy atom. The summed E-state index contributed by atoms with van der Waals surface area (Å²) >= 11 is 0. The van der Waals surface area contributed by atoms with Gasteiger partial charge in [-0.15, -0.1) is 0 Å². The summed E-state index contributed by atoms with van der Waals surface area (Å²) in [5.41, 5.74) is 2.65. The smallest absolute Gasteiger partial charge is 0.130 e. The molecule has 0 radical (unpaired) electrons. The molecule has 0 saturated heterocycles. The first-order valence-corrected chi connectivity index (χ1v) is 6.67. The zero-order valence-electron chi connectivity index (χ0n) is 11.9. The molecule has 0 amide bonds. The fourth-order valence-corrected chi connectivity index (χ4v) is 2.04. The first-order chi connectivity index (χ1) is 9.20. The monoisotopic (exact) mass is 255 g/mol. The molecule has 0 aliphatic heterocycles. The molecule has 0 unspecified atom stereocenters. The zero-order valence-corrected chi connectivity index (χ0v) is 11.9. The van der Waals surface area contributed by atoms with Crippen molar-refractivity contribution in [2.24, 2.45) is 0 Å². The van der Waals surface area contributed by atoms with Gasteiger partial charge in [0.25, 0.3) is 0 Å². The maximum atomic E-state index is 4.60. The maximum Gasteiger partial charge on any atom is 0.130 e. The second-order valence-electron chi connectivity index (χ2n) is 4.69. The van der Waals surface area contributed by atoms with Crippen molar-refractivity contribution in [3.63, 3.8) is 0 Å². The lowest BCUT2D eigenvalue weighted by molar-refractivity contribution is 0.890. The number of hydrogen-bond acceptors (Lipinski definition) is 3. The lowest BCUT2D eigenvalue weighted by Crippen LogP contribution is -2.18. The highest BCUT2D eigenvalue weighted by Crippen LogP contribution is 2.17. The van der Waals surface area contributed by atoms with Crippen LogP contribution in [-0.4, -0.2) is 18.6 Å². The fourth-order valence-electron chi connectivity index (χ4n) is 2.04. The lowest BCUT2D eigenvalue weighted by Gasteiger charge is -2.20. The van der Waals surface area contributed by atoms with Gasteiger partial charge >= 0.3 is 0 Å². The van der Waals surface area contributed by atoms with Gasteiger partial charge in [-0.3, -0.25) is 0 Å². The van der Waals surface area contributed by atoms with Gasteiger partial charge in [0.1, 0.15) is 11.6 Å². The van der Waals surface area contributed by atoms with E-state index in [2.05, 4.69) is 60.4 Å². The molecule has 0 atom stereocenters. The van der Waals surface area contributed by atoms with Crippen molar-refractivity contribution in [1.82, 2.24) is 4.98 Å². The Hall–Kier alpha value is -2.03. The number of nitrogens with zero attached hydrogens (tertiary/aromatic N) is 2. The van der Waals surface area contributed by atoms with Crippen LogP contribution in [0.4, 0.5) is 11.6 Å². The van der Waals surface area contributed by atoms with E-state index in [9.17, 15) is 0 Å². The SMILES string of the molecule is CCNc1cccc(N(C)Cc2ccccc2C)n1. The molecule has 1 aromatic heterocycles. The Bertz CT molecular complexity index is 537. The molecule has 100 valence electrons. The topological polar surface area (TPSA) is 28.2 Å². The minimum absolute atomic E-state index is 0.870. The highest BCUT2D eigenvalue weighted by molar-refractivity contribution is 5.47. The summed E-state index contributed by atoms with van der Waals surface area (Å²) in [6, 6.07) is 14.5. The number of nitrogens with one attached hydrogen (secondary N) is 1. The van der Waals surface area contributed by atoms with E-state index in [0.717, 1.165) is 24.7 Å². The Morgan fingerprint density at radius 1 is 1.11 bits per heavy atom. The van der Waals surface area contributed by atoms with Gasteiger partial charge in [-0.05, 0) is 37.1 Å². The van der Waals surface area contributed by atoms with Crippen molar-refractivity contribution in [2.45, 2.75) is 20.4 Å². The third-order valence-corrected chi connectivity index (χ3v) is 3.15. The molecule has 0 bridgehead atoms. The number of aromatic nitrogens is 1. The van der Waals surface area contributed by atoms with Gasteiger partial charge < -0.3 is 10.2 Å². The molecular weight excluding hydrogens is 234 g/mol. The molecule has 3 heteroatoms. The summed E-state index contributed by atoms with van der Waals surface area (Å²) in [5.74, 6) is 1.92. The number of benzene rings is 1. The molecule has 0 saturated carbocycles. The second-order valence-corrected chi connectivity index (χ2v) is 4.69. The molecule has 1 heterocycles. The normalized spacial score (nSPS) is 10.3. The number of rotatable bonds is 5. The molecule has 0 aliphatic carbocycles. The van der Waals surface area contributed by atoms with Crippen molar-refractivity contribution in [3.05, 3.63) is 53.6 Å². The summed E-state index contributed by atoms with van der Waals surface area (Å²) < 4.78 is 0. The first kappa shape index (κ1) is 13.4. The van der Waals surface area contributed by atoms with E-state index in [1.807, 2.05) is 18.2 Å². The highest BCUT2D eigenvalue weighted by atomic mass is 15.2. The molecule has 2 aromatic rings. The van der Waals surface area contributed by atoms with Crippen LogP contribution < -0.4 is 10.2 Å². The van der Waals surface area contributed by atoms with E-state index in [4.69, 9.17) is 0 Å². The maximum absolute atomic E-state index is 4.60. The van der Waals surface area contributed by atoms with Crippen LogP contribution in [0, 0.1) is 6.92 Å². The van der Waals surface area contributed by atoms with Gasteiger partial charge in [0, 0.05) is 20.1 Å². The third-order valence-electron chi connectivity index (χ3n) is 3.15. The Balaban J connectivity index is 2.13. The Labute approximate surface area is 115 Å². The predicted octanol–water partition coefficient (Wildman–Crippen LogP) is 3.46. The predicted molar refractivity (Wildman–Crippen MR) is 81.7 cm³/mol. The summed E-state index contributed by atoms with van der Waals surface area (Å²) in [7, 11) is 2.07. The summed E-state index contributed by atoms with van der Waals surface area (Å²) in [4.78, 5) is 6.77. The summed E-state index contributed by atoms with van der Waals surface area (Å²) in [5, 5.41) is 3.24. The van der Waals surface area contributed by atoms with Crippen molar-refractivity contribution in [1.29, 1.82) is 0 Å². The van der Waals surface area contributed by atoms with Crippen LogP contribution in [0.15, 0.2) is 42.5 Å². The average molecular weight is 255 g/mol. The van der Waals surface area contributed by atoms with E-state index in [0.29, 0.717) is 0 Å². The Kier molecular flexibility index (Phi) is 4.39. The molecular formula is C16H21N3. The van der Waals surface area contributed by atoms with E-state index < -0.39 is 0 Å². The van der Waals surface area contributed by atoms with Gasteiger partial charge in [-0.2, -0.15) is 0 Å². The van der Waals surface area contributed by atoms with E-state index in [-0.39, 0.29) is 0 Å². The standard InChI is InChI=1S/C16H21N3/c1-4-17-15-10-7-11-16(18-15)19(3)12-14-9-6-5-8-13(14)2/h5-11H,4,12H2,1-3H3,(H,17,18). The molecule has 1 N–H and O–H groups in total. The minimum atomic E-state index is 0.870. The van der Waals surface area contributed by atoms with Crippen molar-refractivity contribution in [3.8, 4) is 0 Å². The molecule has 0 fully saturated rings. The minimum Gasteiger partial charge on any atom is -0.370 e. The van der Waals surface area contributed by atoms with E-state index >= 15 is 0 Å². The molecule has 3 nitrogen and oxygen atoms in total. The average Bonchev–Trinajstić information content (AvgIpc) is 2.42. The number of aryl methyl sites for hydroxylation is 1. The third kappa shape index (κ3) is 3.47. The lowest BCUT2D eigenvalue weighted by atomic mass is 10.1. The quantitative estimate of drug-likeness (QED) is 0.887. The van der Waals surface area contributed by atoms with Crippen LogP contribution in [-0.2, 0) is 6.54 Å². The van der Waals surface area contributed by atoms with Crippen LogP contribution in [0.3, 0.4) is 0 Å². The van der Waals surface area contributed by atoms with Gasteiger partial charge in [0.2, 0.25) is 0 Å². The van der Waals surface area contributed by atoms with Crippen molar-refractivity contribution in [2.75, 3.05) is 23.8 Å². The number of hydrogen-bond donors (Lipinski definition) is 1. The molecule has 2 rings (SSSR count). The van der Waals surface area contributed by atoms with Crippen LogP contribution >= 0.6 is 0 Å². The van der Waals surface area contributed by atoms with Gasteiger partial charge in [0.15, 0.2) is 0 Å². The number of anilines is 2. The molecule has 19 heavy (non-hydrogen) atoms. The van der Waals surface area contributed by atoms with Gasteiger partial charge in [-0.25, -0.2) is 4.98 Å². The molecule has 0 spiro atoms. The van der Waals surface area contributed by atoms with Crippen molar-refractivity contribution < 1.29 is 0 Å². The largest absolute Gasteiger partial charge is 0.370 e. The highest BCUT2D eigenvalue weighted by Gasteiger charge is 2.05. The van der Waals surface area contributed by atoms with Crippen LogP contribution in [0.1, 0.15) is 18.1 Å². The van der Waals surface area contributed by atoms with Crippen LogP contribution in [0.2, 0.25) is 0 Å². The second kappa shape index (κ2) is 6.23. The molecule has 0 aliphatic rings. The zero-order chi connectivity index (χ0) is 13.7. The van der Waals surface area contributed by atoms with Crippen molar-refractivity contribution >= 4 is 11.6 Å². The summed E-state index contributed by atoms with van der Waals surface area (Å²) in [6.07, 6.45) is 0. The van der Waals surface area contributed by atoms with Gasteiger partial charge in [-0.1, -0.05) is 30.3 Å². The van der Waals surface area contributed by atoms with Crippen LogP contribution in [0.25, 0.3) is 0 Å². The van der Waals surface area contributed by atoms with Gasteiger partial charge in [0.05, 0.1) is 0 Å². The number of pyridine rings is 1. The van der Waals surface area contributed by atoms with Crippen LogP contribution in [0.5, 0.6) is 0 Å². The van der Waals surface area contributed by atoms with E-state index in [1.54, 1.807) is 0 Å². The first-order valence-electron chi connectivity index (χ1n) is 6.67. The summed E-state index contributed by atoms with van der Waals surface area (Å²) in [6.45, 7) is 5.98. The van der Waals surface area contributed by atoms with E-state index in [1.165, 1.54) is 11.1 Å². The Morgan fingerprint density at radius 2 is 1.89 bits per heavy atom. The molecule has 1 aromatic carbocycles. The fraction of sp³-hybridized carbons (Fsp3) is 0.312.